The zero-order valence-electron chi connectivity index (χ0n) is 11.2. The number of carbonyl (C=O) groups is 1. The maximum absolute atomic E-state index is 12.6. The third kappa shape index (κ3) is 3.59. The molecule has 1 heterocycles. The van der Waals surface area contributed by atoms with E-state index in [1.165, 1.54) is 12.1 Å². The number of alkyl halides is 3. The molecular formula is C13H12F3N3O2. The molecule has 21 heavy (non-hydrogen) atoms. The molecule has 1 atom stereocenters. The van der Waals surface area contributed by atoms with Crippen LogP contribution in [0.4, 0.5) is 13.2 Å². The lowest BCUT2D eigenvalue weighted by Gasteiger charge is -2.11. The Morgan fingerprint density at radius 2 is 2.10 bits per heavy atom. The van der Waals surface area contributed by atoms with Crippen LogP contribution in [0, 0.1) is 6.92 Å². The van der Waals surface area contributed by atoms with Crippen molar-refractivity contribution in [2.45, 2.75) is 26.1 Å². The fraction of sp³-hybridized carbons (Fsp3) is 0.308. The molecule has 0 saturated heterocycles. The Hall–Kier alpha value is -2.38. The van der Waals surface area contributed by atoms with Crippen LogP contribution in [-0.4, -0.2) is 16.0 Å². The molecule has 2 aromatic rings. The minimum Gasteiger partial charge on any atom is -0.341 e. The minimum absolute atomic E-state index is 0.0899. The third-order valence-electron chi connectivity index (χ3n) is 2.71. The summed E-state index contributed by atoms with van der Waals surface area (Å²) in [5.41, 5.74) is -0.968. The molecule has 0 aliphatic heterocycles. The van der Waals surface area contributed by atoms with E-state index in [1.54, 1.807) is 13.8 Å². The smallest absolute Gasteiger partial charge is 0.341 e. The Kier molecular flexibility index (Phi) is 3.97. The fourth-order valence-electron chi connectivity index (χ4n) is 1.67. The molecule has 1 amide bonds. The first kappa shape index (κ1) is 15.0. The number of carbonyl (C=O) groups excluding carboxylic acids is 1. The zero-order chi connectivity index (χ0) is 15.6. The van der Waals surface area contributed by atoms with Gasteiger partial charge >= 0.3 is 6.18 Å². The number of hydrogen-bond acceptors (Lipinski definition) is 4. The van der Waals surface area contributed by atoms with Gasteiger partial charge in [0.2, 0.25) is 5.89 Å². The number of nitrogens with one attached hydrogen (secondary N) is 1. The Morgan fingerprint density at radius 3 is 2.67 bits per heavy atom. The maximum atomic E-state index is 12.6. The van der Waals surface area contributed by atoms with Gasteiger partial charge in [-0.1, -0.05) is 11.2 Å². The van der Waals surface area contributed by atoms with Crippen molar-refractivity contribution in [1.29, 1.82) is 0 Å². The second kappa shape index (κ2) is 5.55. The third-order valence-corrected chi connectivity index (χ3v) is 2.71. The van der Waals surface area contributed by atoms with Gasteiger partial charge in [-0.05, 0) is 32.0 Å². The SMILES string of the molecule is Cc1noc([C@@H](C)NC(=O)c2cccc(C(F)(F)F)c2)n1. The lowest BCUT2D eigenvalue weighted by atomic mass is 10.1. The van der Waals surface area contributed by atoms with Crippen LogP contribution in [0.1, 0.15) is 40.6 Å². The molecule has 1 aromatic carbocycles. The van der Waals surface area contributed by atoms with Crippen LogP contribution in [-0.2, 0) is 6.18 Å². The number of amides is 1. The van der Waals surface area contributed by atoms with Crippen LogP contribution in [0.2, 0.25) is 0 Å². The number of aryl methyl sites for hydroxylation is 1. The van der Waals surface area contributed by atoms with Gasteiger partial charge in [0.25, 0.3) is 5.91 Å². The molecule has 112 valence electrons. The lowest BCUT2D eigenvalue weighted by molar-refractivity contribution is -0.137. The molecule has 0 spiro atoms. The van der Waals surface area contributed by atoms with Crippen molar-refractivity contribution in [1.82, 2.24) is 15.5 Å². The molecule has 8 heteroatoms. The van der Waals surface area contributed by atoms with E-state index in [9.17, 15) is 18.0 Å². The first-order valence-electron chi connectivity index (χ1n) is 6.05. The van der Waals surface area contributed by atoms with Crippen LogP contribution in [0.5, 0.6) is 0 Å². The highest BCUT2D eigenvalue weighted by Gasteiger charge is 2.31. The summed E-state index contributed by atoms with van der Waals surface area (Å²) < 4.78 is 42.7. The topological polar surface area (TPSA) is 68.0 Å². The Balaban J connectivity index is 2.13. The number of aromatic nitrogens is 2. The molecule has 0 aliphatic carbocycles. The van der Waals surface area contributed by atoms with Crippen molar-refractivity contribution in [3.63, 3.8) is 0 Å². The van der Waals surface area contributed by atoms with Crippen molar-refractivity contribution >= 4 is 5.91 Å². The van der Waals surface area contributed by atoms with E-state index < -0.39 is 23.7 Å². The normalized spacial score (nSPS) is 13.0. The standard InChI is InChI=1S/C13H12F3N3O2/c1-7(12-18-8(2)19-21-12)17-11(20)9-4-3-5-10(6-9)13(14,15)16/h3-7H,1-2H3,(H,17,20)/t7-/m1/s1. The van der Waals surface area contributed by atoms with Gasteiger partial charge in [0.05, 0.1) is 5.56 Å². The fourth-order valence-corrected chi connectivity index (χ4v) is 1.67. The Morgan fingerprint density at radius 1 is 1.38 bits per heavy atom. The summed E-state index contributed by atoms with van der Waals surface area (Å²) >= 11 is 0. The van der Waals surface area contributed by atoms with Gasteiger partial charge in [-0.2, -0.15) is 18.2 Å². The number of rotatable bonds is 3. The quantitative estimate of drug-likeness (QED) is 0.946. The van der Waals surface area contributed by atoms with E-state index in [2.05, 4.69) is 15.5 Å². The Bertz CT molecular complexity index is 652. The first-order valence-corrected chi connectivity index (χ1v) is 6.05. The monoisotopic (exact) mass is 299 g/mol. The van der Waals surface area contributed by atoms with Gasteiger partial charge in [0.1, 0.15) is 6.04 Å². The van der Waals surface area contributed by atoms with Gasteiger partial charge < -0.3 is 9.84 Å². The second-order valence-corrected chi connectivity index (χ2v) is 4.45. The van der Waals surface area contributed by atoms with Crippen molar-refractivity contribution in [2.24, 2.45) is 0 Å². The molecule has 0 radical (unpaired) electrons. The highest BCUT2D eigenvalue weighted by atomic mass is 19.4. The van der Waals surface area contributed by atoms with Crippen molar-refractivity contribution in [2.75, 3.05) is 0 Å². The molecule has 1 N–H and O–H groups in total. The molecule has 0 unspecified atom stereocenters. The van der Waals surface area contributed by atoms with Crippen molar-refractivity contribution in [3.8, 4) is 0 Å². The van der Waals surface area contributed by atoms with Crippen LogP contribution in [0.3, 0.4) is 0 Å². The highest BCUT2D eigenvalue weighted by Crippen LogP contribution is 2.29. The average Bonchev–Trinajstić information content (AvgIpc) is 2.84. The summed E-state index contributed by atoms with van der Waals surface area (Å²) in [6.45, 7) is 3.22. The second-order valence-electron chi connectivity index (χ2n) is 4.45. The van der Waals surface area contributed by atoms with E-state index in [-0.39, 0.29) is 11.5 Å². The molecule has 0 aliphatic rings. The summed E-state index contributed by atoms with van der Waals surface area (Å²) in [6, 6.07) is 3.58. The molecule has 0 bridgehead atoms. The predicted octanol–water partition coefficient (Wildman–Crippen LogP) is 2.89. The number of benzene rings is 1. The van der Waals surface area contributed by atoms with Gasteiger partial charge in [0.15, 0.2) is 5.82 Å². The number of halogens is 3. The van der Waals surface area contributed by atoms with E-state index in [0.29, 0.717) is 5.82 Å². The van der Waals surface area contributed by atoms with E-state index in [4.69, 9.17) is 4.52 Å². The molecular weight excluding hydrogens is 287 g/mol. The van der Waals surface area contributed by atoms with Gasteiger partial charge in [-0.25, -0.2) is 0 Å². The maximum Gasteiger partial charge on any atom is 0.416 e. The van der Waals surface area contributed by atoms with Gasteiger partial charge in [0, 0.05) is 5.56 Å². The summed E-state index contributed by atoms with van der Waals surface area (Å²) in [4.78, 5) is 15.9. The zero-order valence-corrected chi connectivity index (χ0v) is 11.2. The van der Waals surface area contributed by atoms with E-state index in [1.807, 2.05) is 0 Å². The number of nitrogens with zero attached hydrogens (tertiary/aromatic N) is 2. The van der Waals surface area contributed by atoms with Gasteiger partial charge in [-0.15, -0.1) is 0 Å². The highest BCUT2D eigenvalue weighted by molar-refractivity contribution is 5.94. The van der Waals surface area contributed by atoms with Crippen LogP contribution < -0.4 is 5.32 Å². The summed E-state index contributed by atoms with van der Waals surface area (Å²) in [5, 5.41) is 6.08. The minimum atomic E-state index is -4.49. The van der Waals surface area contributed by atoms with Crippen LogP contribution in [0.15, 0.2) is 28.8 Å². The van der Waals surface area contributed by atoms with Crippen molar-refractivity contribution < 1.29 is 22.5 Å². The largest absolute Gasteiger partial charge is 0.416 e. The molecule has 1 aromatic heterocycles. The van der Waals surface area contributed by atoms with E-state index >= 15 is 0 Å². The lowest BCUT2D eigenvalue weighted by Crippen LogP contribution is -2.27. The summed E-state index contributed by atoms with van der Waals surface area (Å²) in [6.07, 6.45) is -4.49. The van der Waals surface area contributed by atoms with Gasteiger partial charge in [-0.3, -0.25) is 4.79 Å². The summed E-state index contributed by atoms with van der Waals surface area (Å²) in [5.74, 6) is -0.0533. The molecule has 5 nitrogen and oxygen atoms in total. The van der Waals surface area contributed by atoms with E-state index in [0.717, 1.165) is 12.1 Å². The molecule has 2 rings (SSSR count). The molecule has 0 fully saturated rings. The number of hydrogen-bond donors (Lipinski definition) is 1. The summed E-state index contributed by atoms with van der Waals surface area (Å²) in [7, 11) is 0. The Labute approximate surface area is 118 Å². The first-order chi connectivity index (χ1) is 9.77. The predicted molar refractivity (Wildman–Crippen MR) is 66.4 cm³/mol. The average molecular weight is 299 g/mol. The van der Waals surface area contributed by atoms with Crippen LogP contribution in [0.25, 0.3) is 0 Å². The molecule has 0 saturated carbocycles. The van der Waals surface area contributed by atoms with Crippen LogP contribution >= 0.6 is 0 Å². The van der Waals surface area contributed by atoms with Crippen molar-refractivity contribution in [3.05, 3.63) is 47.1 Å².